The molecule has 3 aromatic heterocycles. The van der Waals surface area contributed by atoms with Crippen molar-refractivity contribution in [2.75, 3.05) is 0 Å². The third-order valence-electron chi connectivity index (χ3n) is 5.46. The van der Waals surface area contributed by atoms with Gasteiger partial charge in [-0.05, 0) is 30.2 Å². The Morgan fingerprint density at radius 1 is 1.03 bits per heavy atom. The van der Waals surface area contributed by atoms with Gasteiger partial charge in [0, 0.05) is 43.6 Å². The molecule has 8 nitrogen and oxygen atoms in total. The van der Waals surface area contributed by atoms with Crippen molar-refractivity contribution in [2.45, 2.75) is 22.6 Å². The lowest BCUT2D eigenvalue weighted by molar-refractivity contribution is 0.0982. The lowest BCUT2D eigenvalue weighted by Gasteiger charge is -2.08. The molecular formula is C23H19N5O3S. The number of para-hydroxylation sites is 1. The van der Waals surface area contributed by atoms with Gasteiger partial charge in [0.2, 0.25) is 15.6 Å². The summed E-state index contributed by atoms with van der Waals surface area (Å²) >= 11 is 0. The molecule has 0 spiro atoms. The van der Waals surface area contributed by atoms with E-state index in [4.69, 9.17) is 0 Å². The van der Waals surface area contributed by atoms with Gasteiger partial charge in [0.05, 0.1) is 27.1 Å². The fourth-order valence-corrected chi connectivity index (χ4v) is 5.25. The van der Waals surface area contributed by atoms with Crippen molar-refractivity contribution < 1.29 is 13.2 Å². The Bertz CT molecular complexity index is 1570. The van der Waals surface area contributed by atoms with Crippen molar-refractivity contribution in [3.63, 3.8) is 0 Å². The summed E-state index contributed by atoms with van der Waals surface area (Å²) in [5.74, 6) is 0.507. The highest BCUT2D eigenvalue weighted by atomic mass is 32.2. The Labute approximate surface area is 184 Å². The first kappa shape index (κ1) is 20.1. The van der Waals surface area contributed by atoms with Crippen LogP contribution in [0.5, 0.6) is 0 Å². The molecule has 0 aliphatic carbocycles. The minimum Gasteiger partial charge on any atom is -0.294 e. The van der Waals surface area contributed by atoms with Crippen LogP contribution >= 0.6 is 0 Å². The molecule has 0 bridgehead atoms. The molecule has 0 radical (unpaired) electrons. The first-order valence-corrected chi connectivity index (χ1v) is 11.5. The predicted molar refractivity (Wildman–Crippen MR) is 118 cm³/mol. The van der Waals surface area contributed by atoms with Crippen molar-refractivity contribution in [1.82, 2.24) is 24.1 Å². The Morgan fingerprint density at radius 2 is 1.84 bits per heavy atom. The lowest BCUT2D eigenvalue weighted by Crippen LogP contribution is -2.06. The lowest BCUT2D eigenvalue weighted by atomic mass is 10.0. The van der Waals surface area contributed by atoms with Crippen LogP contribution in [0.15, 0.2) is 83.2 Å². The molecule has 32 heavy (non-hydrogen) atoms. The third kappa shape index (κ3) is 3.46. The molecule has 0 unspecified atom stereocenters. The number of hydrogen-bond acceptors (Lipinski definition) is 6. The van der Waals surface area contributed by atoms with E-state index in [1.54, 1.807) is 77.3 Å². The van der Waals surface area contributed by atoms with Gasteiger partial charge in [-0.3, -0.25) is 13.9 Å². The highest BCUT2D eigenvalue weighted by Gasteiger charge is 2.22. The van der Waals surface area contributed by atoms with E-state index >= 15 is 0 Å². The van der Waals surface area contributed by atoms with Gasteiger partial charge in [-0.25, -0.2) is 18.4 Å². The number of ketones is 1. The second-order valence-electron chi connectivity index (χ2n) is 7.51. The summed E-state index contributed by atoms with van der Waals surface area (Å²) in [4.78, 5) is 21.2. The van der Waals surface area contributed by atoms with Gasteiger partial charge in [-0.2, -0.15) is 5.10 Å². The molecule has 0 amide bonds. The molecule has 0 fully saturated rings. The minimum atomic E-state index is -3.71. The topological polar surface area (TPSA) is 99.2 Å². The summed E-state index contributed by atoms with van der Waals surface area (Å²) in [5, 5.41) is 4.94. The number of rotatable bonds is 6. The van der Waals surface area contributed by atoms with E-state index < -0.39 is 9.84 Å². The number of imidazole rings is 1. The van der Waals surface area contributed by atoms with Gasteiger partial charge in [-0.1, -0.05) is 24.3 Å². The van der Waals surface area contributed by atoms with Gasteiger partial charge in [0.1, 0.15) is 0 Å². The molecule has 0 aliphatic heterocycles. The first-order chi connectivity index (χ1) is 15.4. The zero-order valence-electron chi connectivity index (χ0n) is 17.2. The number of carbonyl (C=O) groups excluding carboxylic acids is 1. The Morgan fingerprint density at radius 3 is 2.66 bits per heavy atom. The summed E-state index contributed by atoms with van der Waals surface area (Å²) in [6, 6.07) is 11.8. The smallest absolute Gasteiger partial charge is 0.233 e. The summed E-state index contributed by atoms with van der Waals surface area (Å²) in [6.45, 7) is 0. The quantitative estimate of drug-likeness (QED) is 0.372. The summed E-state index contributed by atoms with van der Waals surface area (Å²) in [7, 11) is -1.99. The van der Waals surface area contributed by atoms with Crippen molar-refractivity contribution in [1.29, 1.82) is 0 Å². The van der Waals surface area contributed by atoms with E-state index in [1.807, 2.05) is 6.07 Å². The number of aryl methyl sites for hydroxylation is 2. The molecular weight excluding hydrogens is 426 g/mol. The van der Waals surface area contributed by atoms with Crippen LogP contribution in [-0.4, -0.2) is 38.4 Å². The number of sulfone groups is 1. The molecule has 0 atom stereocenters. The predicted octanol–water partition coefficient (Wildman–Crippen LogP) is 3.26. The van der Waals surface area contributed by atoms with Gasteiger partial charge in [-0.15, -0.1) is 0 Å². The van der Waals surface area contributed by atoms with Crippen molar-refractivity contribution in [2.24, 2.45) is 7.05 Å². The third-order valence-corrected chi connectivity index (χ3v) is 7.26. The fraction of sp³-hybridized carbons (Fsp3) is 0.130. The first-order valence-electron chi connectivity index (χ1n) is 10.0. The van der Waals surface area contributed by atoms with Gasteiger partial charge < -0.3 is 0 Å². The summed E-state index contributed by atoms with van der Waals surface area (Å²) < 4.78 is 29.7. The molecule has 3 heterocycles. The minimum absolute atomic E-state index is 0.0346. The van der Waals surface area contributed by atoms with E-state index in [-0.39, 0.29) is 15.6 Å². The van der Waals surface area contributed by atoms with E-state index in [1.165, 1.54) is 6.20 Å². The summed E-state index contributed by atoms with van der Waals surface area (Å²) in [5.41, 5.74) is 1.97. The van der Waals surface area contributed by atoms with E-state index in [0.717, 1.165) is 10.9 Å². The molecule has 9 heteroatoms. The average molecular weight is 446 g/mol. The molecule has 0 aliphatic rings. The van der Waals surface area contributed by atoms with Crippen LogP contribution in [0.3, 0.4) is 0 Å². The average Bonchev–Trinajstić information content (AvgIpc) is 3.43. The molecule has 5 rings (SSSR count). The summed E-state index contributed by atoms with van der Waals surface area (Å²) in [6.07, 6.45) is 9.05. The van der Waals surface area contributed by atoms with Crippen LogP contribution in [0.4, 0.5) is 0 Å². The van der Waals surface area contributed by atoms with E-state index in [9.17, 15) is 13.2 Å². The van der Waals surface area contributed by atoms with Crippen LogP contribution in [-0.2, 0) is 23.3 Å². The van der Waals surface area contributed by atoms with Gasteiger partial charge >= 0.3 is 0 Å². The molecule has 2 aromatic carbocycles. The van der Waals surface area contributed by atoms with Gasteiger partial charge in [0.25, 0.3) is 0 Å². The monoisotopic (exact) mass is 445 g/mol. The van der Waals surface area contributed by atoms with Crippen LogP contribution in [0.25, 0.3) is 16.7 Å². The second kappa shape index (κ2) is 7.69. The van der Waals surface area contributed by atoms with Crippen molar-refractivity contribution in [3.8, 4) is 0 Å². The maximum atomic E-state index is 13.2. The number of hydrogen-bond donors (Lipinski definition) is 0. The maximum absolute atomic E-state index is 13.2. The van der Waals surface area contributed by atoms with Crippen molar-refractivity contribution in [3.05, 3.63) is 84.6 Å². The fourth-order valence-electron chi connectivity index (χ4n) is 3.74. The SMILES string of the molecule is Cn1ncc2cccc(S(=O)(=O)c3ccc(CCC(=O)c4cnc5nccn5c4)cc3)c21. The molecule has 0 saturated heterocycles. The van der Waals surface area contributed by atoms with Crippen LogP contribution in [0.1, 0.15) is 22.3 Å². The highest BCUT2D eigenvalue weighted by Crippen LogP contribution is 2.28. The Balaban J connectivity index is 1.34. The number of carbonyl (C=O) groups is 1. The number of aromatic nitrogens is 5. The highest BCUT2D eigenvalue weighted by molar-refractivity contribution is 7.91. The van der Waals surface area contributed by atoms with Crippen LogP contribution in [0, 0.1) is 0 Å². The Hall–Kier alpha value is -3.85. The number of fused-ring (bicyclic) bond motifs is 2. The molecule has 0 N–H and O–H groups in total. The zero-order valence-corrected chi connectivity index (χ0v) is 18.0. The Kier molecular flexibility index (Phi) is 4.82. The normalized spacial score (nSPS) is 11.9. The van der Waals surface area contributed by atoms with E-state index in [2.05, 4.69) is 15.1 Å². The number of benzene rings is 2. The van der Waals surface area contributed by atoms with Crippen LogP contribution in [0.2, 0.25) is 0 Å². The van der Waals surface area contributed by atoms with Gasteiger partial charge in [0.15, 0.2) is 5.78 Å². The zero-order chi connectivity index (χ0) is 22.3. The molecule has 0 saturated carbocycles. The maximum Gasteiger partial charge on any atom is 0.233 e. The number of Topliss-reactive ketones (excluding diaryl/α,β-unsaturated/α-hetero) is 1. The number of nitrogens with zero attached hydrogens (tertiary/aromatic N) is 5. The standard InChI is InChI=1S/C23H19N5O3S/c1-27-22-17(14-26-27)3-2-4-21(22)32(30,31)19-8-5-16(6-9-19)7-10-20(29)18-13-25-23-24-11-12-28(23)15-18/h2-6,8-9,11-15H,7,10H2,1H3. The van der Waals surface area contributed by atoms with E-state index in [0.29, 0.717) is 29.7 Å². The van der Waals surface area contributed by atoms with Crippen molar-refractivity contribution >= 4 is 32.3 Å². The van der Waals surface area contributed by atoms with Crippen LogP contribution < -0.4 is 0 Å². The second-order valence-corrected chi connectivity index (χ2v) is 9.43. The molecule has 5 aromatic rings. The molecule has 160 valence electrons. The largest absolute Gasteiger partial charge is 0.294 e.